The van der Waals surface area contributed by atoms with E-state index in [4.69, 9.17) is 9.47 Å². The van der Waals surface area contributed by atoms with Crippen molar-refractivity contribution < 1.29 is 32.6 Å². The van der Waals surface area contributed by atoms with Crippen molar-refractivity contribution in [3.8, 4) is 11.1 Å². The average Bonchev–Trinajstić information content (AvgIpc) is 3.45. The Balaban J connectivity index is 1.15. The fraction of sp³-hybridized carbons (Fsp3) is 0.483. The van der Waals surface area contributed by atoms with Crippen LogP contribution in [-0.4, -0.2) is 85.7 Å². The Morgan fingerprint density at radius 2 is 1.79 bits per heavy atom. The van der Waals surface area contributed by atoms with Crippen LogP contribution in [0.3, 0.4) is 0 Å². The smallest absolute Gasteiger partial charge is 0.328 e. The van der Waals surface area contributed by atoms with E-state index in [9.17, 15) is 23.2 Å². The molecule has 0 unspecified atom stereocenters. The summed E-state index contributed by atoms with van der Waals surface area (Å²) >= 11 is 0. The predicted octanol–water partition coefficient (Wildman–Crippen LogP) is 2.79. The van der Waals surface area contributed by atoms with Crippen molar-refractivity contribution >= 4 is 17.8 Å². The molecule has 0 aromatic heterocycles. The molecule has 2 aliphatic carbocycles. The molecule has 10 heteroatoms. The number of nitrogens with zero attached hydrogens (tertiary/aromatic N) is 2. The number of nitrogens with one attached hydrogen (secondary N) is 1. The quantitative estimate of drug-likeness (QED) is 0.545. The molecule has 2 heterocycles. The number of benzene rings is 2. The van der Waals surface area contributed by atoms with Crippen LogP contribution in [0.2, 0.25) is 0 Å². The minimum Gasteiger partial charge on any atom is -0.464 e. The number of hydrogen-bond donors (Lipinski definition) is 1. The first-order valence-electron chi connectivity index (χ1n) is 13.4. The van der Waals surface area contributed by atoms with Gasteiger partial charge in [-0.25, -0.2) is 4.79 Å². The minimum absolute atomic E-state index is 0.0853. The van der Waals surface area contributed by atoms with Gasteiger partial charge in [-0.05, 0) is 43.0 Å². The van der Waals surface area contributed by atoms with E-state index in [1.165, 1.54) is 24.3 Å². The normalized spacial score (nSPS) is 26.4. The maximum Gasteiger partial charge on any atom is 0.328 e. The molecule has 8 nitrogen and oxygen atoms in total. The number of carbonyl (C=O) groups is 3. The van der Waals surface area contributed by atoms with Crippen molar-refractivity contribution in [1.82, 2.24) is 15.1 Å². The summed E-state index contributed by atoms with van der Waals surface area (Å²) in [6, 6.07) is 9.55. The van der Waals surface area contributed by atoms with Crippen LogP contribution in [-0.2, 0) is 25.0 Å². The van der Waals surface area contributed by atoms with Crippen molar-refractivity contribution in [2.24, 2.45) is 5.41 Å². The lowest BCUT2D eigenvalue weighted by atomic mass is 9.98. The van der Waals surface area contributed by atoms with E-state index in [1.807, 2.05) is 0 Å². The van der Waals surface area contributed by atoms with Crippen molar-refractivity contribution in [1.29, 1.82) is 0 Å². The molecule has 2 aliphatic heterocycles. The molecule has 0 radical (unpaired) electrons. The van der Waals surface area contributed by atoms with E-state index in [0.717, 1.165) is 26.1 Å². The average molecular weight is 540 g/mol. The fourth-order valence-electron chi connectivity index (χ4n) is 6.53. The molecule has 2 amide bonds. The highest BCUT2D eigenvalue weighted by Gasteiger charge is 2.67. The third-order valence-corrected chi connectivity index (χ3v) is 8.48. The lowest BCUT2D eigenvalue weighted by molar-refractivity contribution is -0.153. The standard InChI is InChI=1S/C29H31F2N3O5/c1-2-39-27(37)23-14-28(17-33-9-11-38-12-10-33)15-24(28)34(23)25(35)16-32-26(36)18-7-8-22-20(13-18)19-5-3-4-6-21(19)29(22,30)31/h3-8,13,23-24H,2,9-12,14-17H2,1H3,(H,32,36)/t23-,24-,28+/m0/s1. The summed E-state index contributed by atoms with van der Waals surface area (Å²) in [5.41, 5.74) is 0.496. The molecule has 3 atom stereocenters. The second-order valence-corrected chi connectivity index (χ2v) is 10.8. The molecule has 0 bridgehead atoms. The number of ether oxygens (including phenoxy) is 2. The van der Waals surface area contributed by atoms with E-state index in [0.29, 0.717) is 30.8 Å². The first-order chi connectivity index (χ1) is 18.7. The van der Waals surface area contributed by atoms with Crippen molar-refractivity contribution in [3.05, 3.63) is 59.2 Å². The van der Waals surface area contributed by atoms with Crippen LogP contribution in [0, 0.1) is 5.41 Å². The van der Waals surface area contributed by atoms with Crippen LogP contribution < -0.4 is 5.32 Å². The van der Waals surface area contributed by atoms with Crippen LogP contribution >= 0.6 is 0 Å². The van der Waals surface area contributed by atoms with Crippen LogP contribution in [0.1, 0.15) is 41.3 Å². The molecule has 2 aromatic rings. The Labute approximate surface area is 225 Å². The molecular weight excluding hydrogens is 508 g/mol. The third-order valence-electron chi connectivity index (χ3n) is 8.48. The first-order valence-corrected chi connectivity index (χ1v) is 13.4. The summed E-state index contributed by atoms with van der Waals surface area (Å²) in [6.45, 7) is 5.41. The number of piperidine rings is 1. The number of hydrogen-bond acceptors (Lipinski definition) is 6. The van der Waals surface area contributed by atoms with Crippen molar-refractivity contribution in [3.63, 3.8) is 0 Å². The number of esters is 1. The molecule has 2 aromatic carbocycles. The zero-order valence-electron chi connectivity index (χ0n) is 21.8. The summed E-state index contributed by atoms with van der Waals surface area (Å²) in [6.07, 6.45) is 1.34. The second-order valence-electron chi connectivity index (χ2n) is 10.8. The Morgan fingerprint density at radius 1 is 1.05 bits per heavy atom. The van der Waals surface area contributed by atoms with Gasteiger partial charge in [-0.15, -0.1) is 0 Å². The summed E-state index contributed by atoms with van der Waals surface area (Å²) in [5.74, 6) is -4.46. The van der Waals surface area contributed by atoms with Gasteiger partial charge in [-0.3, -0.25) is 14.5 Å². The molecule has 206 valence electrons. The summed E-state index contributed by atoms with van der Waals surface area (Å²) in [5, 5.41) is 2.64. The summed E-state index contributed by atoms with van der Waals surface area (Å²) in [7, 11) is 0. The lowest BCUT2D eigenvalue weighted by Crippen LogP contribution is -2.48. The molecule has 39 heavy (non-hydrogen) atoms. The monoisotopic (exact) mass is 539 g/mol. The predicted molar refractivity (Wildman–Crippen MR) is 137 cm³/mol. The highest BCUT2D eigenvalue weighted by molar-refractivity contribution is 5.99. The number of amides is 2. The van der Waals surface area contributed by atoms with Gasteiger partial charge in [-0.2, -0.15) is 8.78 Å². The molecule has 2 saturated heterocycles. The topological polar surface area (TPSA) is 88.2 Å². The van der Waals surface area contributed by atoms with Gasteiger partial charge in [0.05, 0.1) is 26.4 Å². The number of rotatable bonds is 7. The number of likely N-dealkylation sites (tertiary alicyclic amines) is 1. The lowest BCUT2D eigenvalue weighted by Gasteiger charge is -2.29. The third kappa shape index (κ3) is 4.39. The van der Waals surface area contributed by atoms with E-state index in [-0.39, 0.29) is 47.2 Å². The fourth-order valence-corrected chi connectivity index (χ4v) is 6.53. The second kappa shape index (κ2) is 9.67. The van der Waals surface area contributed by atoms with E-state index in [2.05, 4.69) is 10.2 Å². The van der Waals surface area contributed by atoms with E-state index in [1.54, 1.807) is 30.0 Å². The number of carbonyl (C=O) groups excluding carboxylic acids is 3. The SMILES string of the molecule is CCOC(=O)[C@@H]1C[C@]2(CN3CCOCC3)C[C@@H]2N1C(=O)CNC(=O)c1ccc2c(c1)-c1ccccc1C2(F)F. The highest BCUT2D eigenvalue weighted by Crippen LogP contribution is 2.60. The number of morpholine rings is 1. The van der Waals surface area contributed by atoms with Crippen molar-refractivity contribution in [2.75, 3.05) is 46.0 Å². The summed E-state index contributed by atoms with van der Waals surface area (Å²) < 4.78 is 40.5. The Bertz CT molecular complexity index is 1330. The van der Waals surface area contributed by atoms with Gasteiger partial charge in [0.15, 0.2) is 0 Å². The van der Waals surface area contributed by atoms with Gasteiger partial charge in [0.1, 0.15) is 6.04 Å². The number of halogens is 2. The molecule has 6 rings (SSSR count). The highest BCUT2D eigenvalue weighted by atomic mass is 19.3. The van der Waals surface area contributed by atoms with Gasteiger partial charge < -0.3 is 19.7 Å². The molecule has 4 aliphatic rings. The molecule has 1 saturated carbocycles. The van der Waals surface area contributed by atoms with Gasteiger partial charge >= 0.3 is 5.97 Å². The molecule has 0 spiro atoms. The molecule has 1 N–H and O–H groups in total. The Kier molecular flexibility index (Phi) is 6.42. The van der Waals surface area contributed by atoms with Crippen LogP contribution in [0.4, 0.5) is 8.78 Å². The summed E-state index contributed by atoms with van der Waals surface area (Å²) in [4.78, 5) is 43.1. The molecular formula is C29H31F2N3O5. The molecule has 3 fully saturated rings. The Morgan fingerprint density at radius 3 is 2.56 bits per heavy atom. The van der Waals surface area contributed by atoms with E-state index < -0.39 is 23.8 Å². The maximum atomic E-state index is 14.9. The van der Waals surface area contributed by atoms with E-state index >= 15 is 0 Å². The minimum atomic E-state index is -3.13. The number of fused-ring (bicyclic) bond motifs is 4. The first kappa shape index (κ1) is 25.9. The van der Waals surface area contributed by atoms with Gasteiger partial charge in [-0.1, -0.05) is 30.3 Å². The van der Waals surface area contributed by atoms with Gasteiger partial charge in [0, 0.05) is 47.8 Å². The number of alkyl halides is 2. The van der Waals surface area contributed by atoms with Crippen LogP contribution in [0.25, 0.3) is 11.1 Å². The van der Waals surface area contributed by atoms with Gasteiger partial charge in [0.25, 0.3) is 11.8 Å². The van der Waals surface area contributed by atoms with Crippen LogP contribution in [0.15, 0.2) is 42.5 Å². The Hall–Kier alpha value is -3.37. The van der Waals surface area contributed by atoms with Crippen molar-refractivity contribution in [2.45, 2.75) is 37.8 Å². The van der Waals surface area contributed by atoms with Crippen LogP contribution in [0.5, 0.6) is 0 Å². The zero-order valence-corrected chi connectivity index (χ0v) is 21.8. The maximum absolute atomic E-state index is 14.9. The zero-order chi connectivity index (χ0) is 27.4. The van der Waals surface area contributed by atoms with Gasteiger partial charge in [0.2, 0.25) is 5.91 Å². The largest absolute Gasteiger partial charge is 0.464 e.